The van der Waals surface area contributed by atoms with Gasteiger partial charge in [0.25, 0.3) is 0 Å². The van der Waals surface area contributed by atoms with Gasteiger partial charge in [-0.1, -0.05) is 198 Å². The highest BCUT2D eigenvalue weighted by atomic mass is 16.7. The maximum absolute atomic E-state index is 13.7. The van der Waals surface area contributed by atoms with Crippen molar-refractivity contribution >= 4 is 55.4 Å². The van der Waals surface area contributed by atoms with Gasteiger partial charge in [0.15, 0.2) is 0 Å². The van der Waals surface area contributed by atoms with Gasteiger partial charge in [-0.05, 0) is 108 Å². The Balaban J connectivity index is 1.33. The number of aryl methyl sites for hydroxylation is 4. The average molecular weight is 879 g/mol. The van der Waals surface area contributed by atoms with E-state index in [1.165, 1.54) is 75.3 Å². The van der Waals surface area contributed by atoms with E-state index in [0.29, 0.717) is 23.0 Å². The second-order valence-corrected chi connectivity index (χ2v) is 17.8. The lowest BCUT2D eigenvalue weighted by molar-refractivity contribution is 0.152. The third-order valence-electron chi connectivity index (χ3n) is 12.8. The molecule has 0 aliphatic carbocycles. The van der Waals surface area contributed by atoms with Crippen LogP contribution in [-0.4, -0.2) is 12.3 Å². The summed E-state index contributed by atoms with van der Waals surface area (Å²) in [5.74, 6) is 1.72. The normalized spacial score (nSPS) is 11.4. The molecule has 0 spiro atoms. The Hall–Kier alpha value is -6.66. The Morgan fingerprint density at radius 2 is 0.712 bits per heavy atom. The number of benzene rings is 8. The van der Waals surface area contributed by atoms with Crippen molar-refractivity contribution in [2.45, 2.75) is 118 Å². The van der Waals surface area contributed by atoms with E-state index in [1.54, 1.807) is 24.3 Å². The molecule has 338 valence electrons. The Labute approximate surface area is 389 Å². The highest BCUT2D eigenvalue weighted by Crippen LogP contribution is 2.50. The van der Waals surface area contributed by atoms with E-state index in [-0.39, 0.29) is 0 Å². The summed E-state index contributed by atoms with van der Waals surface area (Å²) in [4.78, 5) is 27.5. The molecule has 8 rings (SSSR count). The summed E-state index contributed by atoms with van der Waals surface area (Å²) in [5.41, 5.74) is 6.62. The molecule has 6 heteroatoms. The number of hydrogen-bond donors (Lipinski definition) is 0. The minimum Gasteiger partial charge on any atom is -0.395 e. The number of unbranched alkanes of at least 4 members (excludes halogenated alkanes) is 10. The molecule has 8 aromatic carbocycles. The number of fused-ring (bicyclic) bond motifs is 4. The molecule has 0 saturated heterocycles. The van der Waals surface area contributed by atoms with Gasteiger partial charge in [-0.15, -0.1) is 0 Å². The number of carbonyl (C=O) groups excluding carboxylic acids is 2. The third-order valence-corrected chi connectivity index (χ3v) is 12.8. The predicted molar refractivity (Wildman–Crippen MR) is 272 cm³/mol. The maximum atomic E-state index is 13.7. The Morgan fingerprint density at radius 3 is 1.11 bits per heavy atom. The molecule has 0 N–H and O–H groups in total. The van der Waals surface area contributed by atoms with Gasteiger partial charge < -0.3 is 18.9 Å². The Bertz CT molecular complexity index is 2750. The van der Waals surface area contributed by atoms with Gasteiger partial charge in [0.05, 0.1) is 0 Å². The molecule has 0 amide bonds. The molecule has 0 heterocycles. The van der Waals surface area contributed by atoms with Crippen molar-refractivity contribution in [2.75, 3.05) is 0 Å². The Kier molecular flexibility index (Phi) is 15.3. The van der Waals surface area contributed by atoms with Crippen LogP contribution in [0.25, 0.3) is 54.2 Å². The van der Waals surface area contributed by atoms with Gasteiger partial charge in [0, 0.05) is 21.5 Å². The fourth-order valence-corrected chi connectivity index (χ4v) is 9.27. The summed E-state index contributed by atoms with van der Waals surface area (Å²) in [7, 11) is 0. The molecule has 0 aliphatic rings. The monoisotopic (exact) mass is 878 g/mol. The van der Waals surface area contributed by atoms with Gasteiger partial charge in [-0.2, -0.15) is 0 Å². The van der Waals surface area contributed by atoms with Crippen molar-refractivity contribution in [3.05, 3.63) is 156 Å². The van der Waals surface area contributed by atoms with Crippen LogP contribution in [-0.2, 0) is 12.8 Å². The molecular formula is C60H62O6. The first kappa shape index (κ1) is 45.9. The first-order chi connectivity index (χ1) is 32.3. The Morgan fingerprint density at radius 1 is 0.364 bits per heavy atom. The molecular weight excluding hydrogens is 817 g/mol. The minimum absolute atomic E-state index is 0.414. The quantitative estimate of drug-likeness (QED) is 0.0349. The van der Waals surface area contributed by atoms with Crippen LogP contribution in [0.4, 0.5) is 9.59 Å². The number of hydrogen-bond acceptors (Lipinski definition) is 6. The van der Waals surface area contributed by atoms with Crippen LogP contribution in [0.2, 0.25) is 0 Å². The van der Waals surface area contributed by atoms with Gasteiger partial charge >= 0.3 is 12.3 Å². The average Bonchev–Trinajstić information content (AvgIpc) is 3.33. The van der Waals surface area contributed by atoms with E-state index in [0.717, 1.165) is 91.0 Å². The fourth-order valence-electron chi connectivity index (χ4n) is 9.27. The summed E-state index contributed by atoms with van der Waals surface area (Å²) in [6, 6.07) is 44.2. The minimum atomic E-state index is -0.802. The van der Waals surface area contributed by atoms with E-state index in [4.69, 9.17) is 18.9 Å². The van der Waals surface area contributed by atoms with Gasteiger partial charge in [0.2, 0.25) is 0 Å². The molecule has 66 heavy (non-hydrogen) atoms. The lowest BCUT2D eigenvalue weighted by Crippen LogP contribution is -2.14. The van der Waals surface area contributed by atoms with Crippen LogP contribution in [0.5, 0.6) is 23.0 Å². The van der Waals surface area contributed by atoms with Crippen LogP contribution in [0.3, 0.4) is 0 Å². The zero-order chi connectivity index (χ0) is 45.8. The molecule has 0 saturated carbocycles. The number of rotatable bonds is 19. The first-order valence-corrected chi connectivity index (χ1v) is 24.2. The van der Waals surface area contributed by atoms with Gasteiger partial charge in [0.1, 0.15) is 23.0 Å². The van der Waals surface area contributed by atoms with E-state index in [2.05, 4.69) is 62.4 Å². The largest absolute Gasteiger partial charge is 0.519 e. The van der Waals surface area contributed by atoms with E-state index in [9.17, 15) is 9.59 Å². The first-order valence-electron chi connectivity index (χ1n) is 24.2. The van der Waals surface area contributed by atoms with Crippen LogP contribution in [0.1, 0.15) is 113 Å². The molecule has 0 aromatic heterocycles. The van der Waals surface area contributed by atoms with E-state index in [1.807, 2.05) is 74.5 Å². The van der Waals surface area contributed by atoms with Crippen molar-refractivity contribution in [3.63, 3.8) is 0 Å². The topological polar surface area (TPSA) is 71.1 Å². The second kappa shape index (κ2) is 22.0. The van der Waals surface area contributed by atoms with Crippen molar-refractivity contribution < 1.29 is 28.5 Å². The van der Waals surface area contributed by atoms with E-state index < -0.39 is 12.3 Å². The predicted octanol–water partition coefficient (Wildman–Crippen LogP) is 17.5. The fraction of sp³-hybridized carbons (Fsp3) is 0.300. The molecule has 0 aliphatic heterocycles. The second-order valence-electron chi connectivity index (χ2n) is 17.8. The molecule has 0 atom stereocenters. The lowest BCUT2D eigenvalue weighted by atomic mass is 9.84. The zero-order valence-corrected chi connectivity index (χ0v) is 39.1. The summed E-state index contributed by atoms with van der Waals surface area (Å²) < 4.78 is 24.1. The summed E-state index contributed by atoms with van der Waals surface area (Å²) in [5, 5.41) is 6.97. The standard InChI is InChI=1S/C60H62O6/c1-5-7-9-11-13-15-21-43-31-37-51-53(39-43)55(47-23-17-19-25-49(47)57(51)65-59(61)63-45-33-27-41(3)28-34-45)56-48-24-18-20-26-50(48)58(66-60(62)64-46-35-29-42(4)30-36-46)52-38-32-44(40-54(52)56)22-16-14-12-10-8-6-2/h17-20,23-40H,5-16,21-22H2,1-4H3. The summed E-state index contributed by atoms with van der Waals surface area (Å²) >= 11 is 0. The molecule has 6 nitrogen and oxygen atoms in total. The van der Waals surface area contributed by atoms with Gasteiger partial charge in [-0.25, -0.2) is 9.59 Å². The SMILES string of the molecule is CCCCCCCCc1ccc2c(OC(=O)Oc3ccc(C)cc3)c3ccccc3c(-c3c4ccccc4c(OC(=O)Oc4ccc(C)cc4)c4ccc(CCCCCCCC)cc34)c2c1. The van der Waals surface area contributed by atoms with Crippen LogP contribution >= 0.6 is 0 Å². The van der Waals surface area contributed by atoms with E-state index >= 15 is 0 Å². The molecule has 0 fully saturated rings. The van der Waals surface area contributed by atoms with Crippen molar-refractivity contribution in [1.29, 1.82) is 0 Å². The molecule has 0 bridgehead atoms. The lowest BCUT2D eigenvalue weighted by Gasteiger charge is -2.22. The number of ether oxygens (including phenoxy) is 4. The van der Waals surface area contributed by atoms with Gasteiger partial charge in [-0.3, -0.25) is 0 Å². The third kappa shape index (κ3) is 10.9. The van der Waals surface area contributed by atoms with Crippen LogP contribution in [0, 0.1) is 13.8 Å². The summed E-state index contributed by atoms with van der Waals surface area (Å²) in [6.45, 7) is 8.49. The van der Waals surface area contributed by atoms with Crippen molar-refractivity contribution in [3.8, 4) is 34.1 Å². The molecule has 8 aromatic rings. The smallest absolute Gasteiger partial charge is 0.395 e. The van der Waals surface area contributed by atoms with Crippen LogP contribution < -0.4 is 18.9 Å². The van der Waals surface area contributed by atoms with Crippen LogP contribution in [0.15, 0.2) is 133 Å². The van der Waals surface area contributed by atoms with Crippen molar-refractivity contribution in [2.24, 2.45) is 0 Å². The molecule has 0 radical (unpaired) electrons. The molecule has 0 unspecified atom stereocenters. The maximum Gasteiger partial charge on any atom is 0.519 e. The summed E-state index contributed by atoms with van der Waals surface area (Å²) in [6.07, 6.45) is 14.7. The zero-order valence-electron chi connectivity index (χ0n) is 39.1. The highest BCUT2D eigenvalue weighted by Gasteiger charge is 2.25. The number of carbonyl (C=O) groups is 2. The van der Waals surface area contributed by atoms with Crippen molar-refractivity contribution in [1.82, 2.24) is 0 Å². The highest BCUT2D eigenvalue weighted by molar-refractivity contribution is 6.27.